The molecule has 0 atom stereocenters. The number of hydrogen-bond donors (Lipinski definition) is 2. The molecule has 4 nitrogen and oxygen atoms in total. The van der Waals surface area contributed by atoms with Gasteiger partial charge in [-0.05, 0) is 53.1 Å². The van der Waals surface area contributed by atoms with Crippen LogP contribution in [0.2, 0.25) is 10.0 Å². The second kappa shape index (κ2) is 8.87. The van der Waals surface area contributed by atoms with Crippen LogP contribution in [0.25, 0.3) is 0 Å². The van der Waals surface area contributed by atoms with Crippen LogP contribution in [0.15, 0.2) is 72.8 Å². The minimum absolute atomic E-state index is 0.288. The number of halogens is 2. The molecule has 2 N–H and O–H groups in total. The second-order valence-corrected chi connectivity index (χ2v) is 7.84. The summed E-state index contributed by atoms with van der Waals surface area (Å²) in [6.07, 6.45) is 0. The molecule has 1 amide bonds. The van der Waals surface area contributed by atoms with Crippen molar-refractivity contribution in [2.45, 2.75) is 12.1 Å². The average Bonchev–Trinajstić information content (AvgIpc) is 2.72. The molecule has 0 bridgehead atoms. The van der Waals surface area contributed by atoms with Crippen molar-refractivity contribution in [3.05, 3.63) is 99.5 Å². The van der Waals surface area contributed by atoms with Gasteiger partial charge in [-0.1, -0.05) is 59.6 Å². The van der Waals surface area contributed by atoms with E-state index in [4.69, 9.17) is 23.2 Å². The van der Waals surface area contributed by atoms with Gasteiger partial charge in [0.05, 0.1) is 0 Å². The van der Waals surface area contributed by atoms with Gasteiger partial charge in [-0.25, -0.2) is 0 Å². The number of anilines is 1. The molecule has 0 saturated heterocycles. The molecule has 3 rings (SSSR count). The molecule has 0 saturated carbocycles. The minimum Gasteiger partial charge on any atom is -0.378 e. The lowest BCUT2D eigenvalue weighted by molar-refractivity contribution is -0.136. The number of benzene rings is 3. The lowest BCUT2D eigenvalue weighted by atomic mass is 9.85. The van der Waals surface area contributed by atoms with Gasteiger partial charge in [0, 0.05) is 36.4 Å². The van der Waals surface area contributed by atoms with Gasteiger partial charge in [0.1, 0.15) is 0 Å². The van der Waals surface area contributed by atoms with E-state index in [-0.39, 0.29) is 6.54 Å². The van der Waals surface area contributed by atoms with Gasteiger partial charge < -0.3 is 15.3 Å². The molecule has 0 aromatic heterocycles. The number of nitrogens with zero attached hydrogens (tertiary/aromatic N) is 1. The molecule has 29 heavy (non-hydrogen) atoms. The summed E-state index contributed by atoms with van der Waals surface area (Å²) >= 11 is 12.0. The monoisotopic (exact) mass is 428 g/mol. The molecule has 3 aromatic carbocycles. The van der Waals surface area contributed by atoms with Gasteiger partial charge in [0.2, 0.25) is 0 Å². The Balaban J connectivity index is 1.88. The maximum absolute atomic E-state index is 13.1. The van der Waals surface area contributed by atoms with Gasteiger partial charge in [-0.3, -0.25) is 4.79 Å². The molecular formula is C23H22Cl2N2O2. The van der Waals surface area contributed by atoms with Crippen molar-refractivity contribution >= 4 is 34.8 Å². The number of rotatable bonds is 6. The summed E-state index contributed by atoms with van der Waals surface area (Å²) in [5.74, 6) is -0.529. The highest BCUT2D eigenvalue weighted by Gasteiger charge is 2.39. The summed E-state index contributed by atoms with van der Waals surface area (Å²) in [7, 11) is 3.93. The molecule has 0 heterocycles. The van der Waals surface area contributed by atoms with E-state index >= 15 is 0 Å². The minimum atomic E-state index is -1.88. The first-order chi connectivity index (χ1) is 13.8. The summed E-state index contributed by atoms with van der Waals surface area (Å²) in [6, 6.07) is 21.0. The Morgan fingerprint density at radius 2 is 1.31 bits per heavy atom. The molecule has 0 fully saturated rings. The quantitative estimate of drug-likeness (QED) is 0.602. The zero-order chi connectivity index (χ0) is 21.0. The SMILES string of the molecule is CN(C)c1ccc(CNC(=O)C(O)(c2ccc(Cl)cc2)c2ccc(Cl)cc2)cc1. The van der Waals surface area contributed by atoms with Crippen molar-refractivity contribution in [3.8, 4) is 0 Å². The third kappa shape index (κ3) is 4.73. The average molecular weight is 429 g/mol. The molecule has 0 aliphatic heterocycles. The van der Waals surface area contributed by atoms with Gasteiger partial charge in [0.15, 0.2) is 5.60 Å². The summed E-state index contributed by atoms with van der Waals surface area (Å²) < 4.78 is 0. The first kappa shape index (κ1) is 21.2. The van der Waals surface area contributed by atoms with E-state index in [1.165, 1.54) is 0 Å². The zero-order valence-electron chi connectivity index (χ0n) is 16.2. The topological polar surface area (TPSA) is 52.6 Å². The van der Waals surface area contributed by atoms with E-state index in [1.807, 2.05) is 43.3 Å². The highest BCUT2D eigenvalue weighted by molar-refractivity contribution is 6.30. The van der Waals surface area contributed by atoms with Gasteiger partial charge in [-0.2, -0.15) is 0 Å². The lowest BCUT2D eigenvalue weighted by Gasteiger charge is -2.28. The number of carbonyl (C=O) groups is 1. The van der Waals surface area contributed by atoms with E-state index < -0.39 is 11.5 Å². The zero-order valence-corrected chi connectivity index (χ0v) is 17.7. The molecular weight excluding hydrogens is 407 g/mol. The van der Waals surface area contributed by atoms with Crippen LogP contribution in [-0.2, 0) is 16.9 Å². The fourth-order valence-corrected chi connectivity index (χ4v) is 3.29. The highest BCUT2D eigenvalue weighted by atomic mass is 35.5. The van der Waals surface area contributed by atoms with E-state index in [2.05, 4.69) is 5.32 Å². The number of aliphatic hydroxyl groups is 1. The Hall–Kier alpha value is -2.53. The van der Waals surface area contributed by atoms with Crippen LogP contribution in [0.4, 0.5) is 5.69 Å². The molecule has 0 aliphatic carbocycles. The van der Waals surface area contributed by atoms with Gasteiger partial charge in [-0.15, -0.1) is 0 Å². The summed E-state index contributed by atoms with van der Waals surface area (Å²) in [5, 5.41) is 15.4. The lowest BCUT2D eigenvalue weighted by Crippen LogP contribution is -2.45. The third-order valence-electron chi connectivity index (χ3n) is 4.76. The number of hydrogen-bond acceptors (Lipinski definition) is 3. The predicted molar refractivity (Wildman–Crippen MR) is 119 cm³/mol. The maximum Gasteiger partial charge on any atom is 0.261 e. The largest absolute Gasteiger partial charge is 0.378 e. The smallest absolute Gasteiger partial charge is 0.261 e. The summed E-state index contributed by atoms with van der Waals surface area (Å²) in [5.41, 5.74) is 0.963. The molecule has 150 valence electrons. The van der Waals surface area contributed by atoms with E-state index in [9.17, 15) is 9.90 Å². The summed E-state index contributed by atoms with van der Waals surface area (Å²) in [6.45, 7) is 0.288. The number of carbonyl (C=O) groups excluding carboxylic acids is 1. The van der Waals surface area contributed by atoms with Crippen molar-refractivity contribution in [3.63, 3.8) is 0 Å². The van der Waals surface area contributed by atoms with Crippen LogP contribution >= 0.6 is 23.2 Å². The normalized spacial score (nSPS) is 11.2. The third-order valence-corrected chi connectivity index (χ3v) is 5.26. The Bertz CT molecular complexity index is 924. The van der Waals surface area contributed by atoms with E-state index in [0.29, 0.717) is 21.2 Å². The van der Waals surface area contributed by atoms with Crippen molar-refractivity contribution in [1.29, 1.82) is 0 Å². The van der Waals surface area contributed by atoms with Crippen LogP contribution < -0.4 is 10.2 Å². The Morgan fingerprint density at radius 3 is 1.72 bits per heavy atom. The standard InChI is InChI=1S/C23H22Cl2N2O2/c1-27(2)21-13-3-16(4-14-21)15-26-22(28)23(29,17-5-9-19(24)10-6-17)18-7-11-20(25)12-8-18/h3-14,29H,15H2,1-2H3,(H,26,28). The van der Waals surface area contributed by atoms with Crippen LogP contribution in [0.3, 0.4) is 0 Å². The molecule has 6 heteroatoms. The Morgan fingerprint density at radius 1 is 0.862 bits per heavy atom. The Labute approximate surface area is 180 Å². The summed E-state index contributed by atoms with van der Waals surface area (Å²) in [4.78, 5) is 15.2. The predicted octanol–water partition coefficient (Wildman–Crippen LogP) is 4.61. The van der Waals surface area contributed by atoms with Crippen LogP contribution in [0.5, 0.6) is 0 Å². The molecule has 0 unspecified atom stereocenters. The fourth-order valence-electron chi connectivity index (χ4n) is 3.03. The van der Waals surface area contributed by atoms with E-state index in [0.717, 1.165) is 11.3 Å². The molecule has 0 radical (unpaired) electrons. The van der Waals surface area contributed by atoms with Crippen LogP contribution in [0, 0.1) is 0 Å². The van der Waals surface area contributed by atoms with Gasteiger partial charge in [0.25, 0.3) is 5.91 Å². The fraction of sp³-hybridized carbons (Fsp3) is 0.174. The maximum atomic E-state index is 13.1. The molecule has 3 aromatic rings. The molecule has 0 spiro atoms. The first-order valence-corrected chi connectivity index (χ1v) is 9.85. The van der Waals surface area contributed by atoms with Crippen molar-refractivity contribution in [2.75, 3.05) is 19.0 Å². The van der Waals surface area contributed by atoms with E-state index in [1.54, 1.807) is 48.5 Å². The molecule has 0 aliphatic rings. The van der Waals surface area contributed by atoms with Crippen LogP contribution in [0.1, 0.15) is 16.7 Å². The number of nitrogens with one attached hydrogen (secondary N) is 1. The Kier molecular flexibility index (Phi) is 6.48. The first-order valence-electron chi connectivity index (χ1n) is 9.09. The van der Waals surface area contributed by atoms with Crippen LogP contribution in [-0.4, -0.2) is 25.1 Å². The number of amides is 1. The van der Waals surface area contributed by atoms with Crippen molar-refractivity contribution in [2.24, 2.45) is 0 Å². The van der Waals surface area contributed by atoms with Gasteiger partial charge >= 0.3 is 0 Å². The van der Waals surface area contributed by atoms with Crippen molar-refractivity contribution in [1.82, 2.24) is 5.32 Å². The highest BCUT2D eigenvalue weighted by Crippen LogP contribution is 2.32. The second-order valence-electron chi connectivity index (χ2n) is 6.97. The van der Waals surface area contributed by atoms with Crippen molar-refractivity contribution < 1.29 is 9.90 Å².